The quantitative estimate of drug-likeness (QED) is 0.534. The van der Waals surface area contributed by atoms with E-state index in [9.17, 15) is 4.57 Å². The molecule has 99 valence electrons. The van der Waals surface area contributed by atoms with E-state index in [2.05, 4.69) is 6.07 Å². The molecule has 0 unspecified atom stereocenters. The number of benzene rings is 3. The van der Waals surface area contributed by atoms with Gasteiger partial charge in [0.25, 0.3) is 0 Å². The van der Waals surface area contributed by atoms with Gasteiger partial charge in [-0.1, -0.05) is 84.9 Å². The van der Waals surface area contributed by atoms with Crippen LogP contribution in [-0.2, 0) is 4.57 Å². The van der Waals surface area contributed by atoms with Crippen molar-refractivity contribution >= 4 is 41.9 Å². The van der Waals surface area contributed by atoms with Crippen LogP contribution in [-0.4, -0.2) is 18.9 Å². The van der Waals surface area contributed by atoms with Crippen LogP contribution in [0.15, 0.2) is 84.9 Å². The molecule has 0 N–H and O–H groups in total. The van der Waals surface area contributed by atoms with Crippen molar-refractivity contribution < 1.29 is 4.57 Å². The third-order valence-corrected chi connectivity index (χ3v) is 6.28. The van der Waals surface area contributed by atoms with Gasteiger partial charge in [0, 0.05) is 15.9 Å². The molecule has 0 aliphatic carbocycles. The summed E-state index contributed by atoms with van der Waals surface area (Å²) in [6, 6.07) is 29.9. The molecule has 0 amide bonds. The zero-order chi connectivity index (χ0) is 13.8. The summed E-state index contributed by atoms with van der Waals surface area (Å²) < 4.78 is 13.8. The molecule has 0 saturated carbocycles. The SMILES string of the molecule is O=P(c1[c]cccc1)(c1ccccc1)c1ccccc1.[LiH]. The summed E-state index contributed by atoms with van der Waals surface area (Å²) in [6.07, 6.45) is 0. The van der Waals surface area contributed by atoms with E-state index in [0.717, 1.165) is 15.9 Å². The summed E-state index contributed by atoms with van der Waals surface area (Å²) in [6.45, 7) is 0. The third kappa shape index (κ3) is 3.07. The van der Waals surface area contributed by atoms with Crippen molar-refractivity contribution in [3.63, 3.8) is 0 Å². The number of hydrogen-bond donors (Lipinski definition) is 0. The Labute approximate surface area is 137 Å². The summed E-state index contributed by atoms with van der Waals surface area (Å²) in [5.74, 6) is 0. The van der Waals surface area contributed by atoms with Crippen molar-refractivity contribution in [2.24, 2.45) is 0 Å². The van der Waals surface area contributed by atoms with Gasteiger partial charge in [-0.25, -0.2) is 0 Å². The molecular weight excluding hydrogens is 270 g/mol. The van der Waals surface area contributed by atoms with E-state index >= 15 is 0 Å². The van der Waals surface area contributed by atoms with Crippen LogP contribution in [0.25, 0.3) is 0 Å². The van der Waals surface area contributed by atoms with Crippen molar-refractivity contribution in [1.29, 1.82) is 0 Å². The first-order valence-corrected chi connectivity index (χ1v) is 8.21. The van der Waals surface area contributed by atoms with Crippen molar-refractivity contribution in [2.75, 3.05) is 0 Å². The molecule has 3 aromatic carbocycles. The van der Waals surface area contributed by atoms with Crippen LogP contribution in [0.5, 0.6) is 0 Å². The Bertz CT molecular complexity index is 624. The fourth-order valence-corrected chi connectivity index (χ4v) is 4.87. The third-order valence-electron chi connectivity index (χ3n) is 3.27. The van der Waals surface area contributed by atoms with Crippen LogP contribution >= 0.6 is 7.14 Å². The Morgan fingerprint density at radius 2 is 1.14 bits per heavy atom. The summed E-state index contributed by atoms with van der Waals surface area (Å²) in [4.78, 5) is 0. The monoisotopic (exact) mass is 285 g/mol. The predicted molar refractivity (Wildman–Crippen MR) is 91.8 cm³/mol. The summed E-state index contributed by atoms with van der Waals surface area (Å²) in [7, 11) is -2.83. The van der Waals surface area contributed by atoms with Crippen molar-refractivity contribution in [3.8, 4) is 0 Å². The molecular formula is C18H15LiOP. The molecule has 3 rings (SSSR count). The minimum absolute atomic E-state index is 0. The topological polar surface area (TPSA) is 17.1 Å². The summed E-state index contributed by atoms with van der Waals surface area (Å²) >= 11 is 0. The average Bonchev–Trinajstić information content (AvgIpc) is 2.56. The van der Waals surface area contributed by atoms with E-state index in [0.29, 0.717) is 0 Å². The van der Waals surface area contributed by atoms with E-state index in [1.165, 1.54) is 0 Å². The van der Waals surface area contributed by atoms with Crippen LogP contribution in [0.2, 0.25) is 0 Å². The average molecular weight is 285 g/mol. The minimum atomic E-state index is -2.83. The number of hydrogen-bond acceptors (Lipinski definition) is 1. The van der Waals surface area contributed by atoms with Gasteiger partial charge < -0.3 is 4.57 Å². The second kappa shape index (κ2) is 6.97. The van der Waals surface area contributed by atoms with Crippen molar-refractivity contribution in [3.05, 3.63) is 91.0 Å². The molecule has 0 aromatic heterocycles. The molecule has 0 spiro atoms. The molecule has 0 aliphatic heterocycles. The number of rotatable bonds is 3. The molecule has 21 heavy (non-hydrogen) atoms. The van der Waals surface area contributed by atoms with E-state index in [1.54, 1.807) is 0 Å². The maximum atomic E-state index is 13.8. The van der Waals surface area contributed by atoms with Crippen LogP contribution < -0.4 is 15.9 Å². The van der Waals surface area contributed by atoms with E-state index in [4.69, 9.17) is 0 Å². The molecule has 0 bridgehead atoms. The maximum absolute atomic E-state index is 13.8. The van der Waals surface area contributed by atoms with Crippen LogP contribution in [0.1, 0.15) is 0 Å². The van der Waals surface area contributed by atoms with Gasteiger partial charge in [0.1, 0.15) is 0 Å². The van der Waals surface area contributed by atoms with Gasteiger partial charge >= 0.3 is 18.9 Å². The van der Waals surface area contributed by atoms with Gasteiger partial charge in [-0.3, -0.25) is 0 Å². The fraction of sp³-hybridized carbons (Fsp3) is 0. The van der Waals surface area contributed by atoms with Crippen LogP contribution in [0, 0.1) is 6.07 Å². The molecule has 0 saturated heterocycles. The first kappa shape index (κ1) is 15.9. The van der Waals surface area contributed by atoms with Gasteiger partial charge in [-0.15, -0.1) is 0 Å². The molecule has 0 atom stereocenters. The Balaban J connectivity index is 0.00000161. The first-order valence-electron chi connectivity index (χ1n) is 6.50. The van der Waals surface area contributed by atoms with Gasteiger partial charge in [0.2, 0.25) is 0 Å². The fourth-order valence-electron chi connectivity index (χ4n) is 2.28. The Morgan fingerprint density at radius 3 is 1.57 bits per heavy atom. The standard InChI is InChI=1S/C18H14OP.Li.H/c19-20(16-10-4-1-5-11-16,17-12-6-2-7-13-17)18-14-8-3-9-15-18;;/h1-14H;;. The predicted octanol–water partition coefficient (Wildman–Crippen LogP) is 2.48. The molecule has 0 heterocycles. The molecule has 0 aliphatic rings. The Hall–Kier alpha value is -1.51. The van der Waals surface area contributed by atoms with Crippen LogP contribution in [0.4, 0.5) is 0 Å². The molecule has 0 fully saturated rings. The zero-order valence-electron chi connectivity index (χ0n) is 10.9. The molecule has 1 nitrogen and oxygen atoms in total. The molecule has 3 aromatic rings. The van der Waals surface area contributed by atoms with Gasteiger partial charge in [-0.05, 0) is 6.07 Å². The Kier molecular flexibility index (Phi) is 5.26. The summed E-state index contributed by atoms with van der Waals surface area (Å²) in [5.41, 5.74) is 0. The first-order chi connectivity index (χ1) is 9.82. The van der Waals surface area contributed by atoms with Crippen LogP contribution in [0.3, 0.4) is 0 Å². The van der Waals surface area contributed by atoms with Gasteiger partial charge in [0.15, 0.2) is 7.14 Å². The normalized spacial score (nSPS) is 10.7. The van der Waals surface area contributed by atoms with E-state index < -0.39 is 7.14 Å². The molecule has 1 radical (unpaired) electrons. The summed E-state index contributed by atoms with van der Waals surface area (Å²) in [5, 5.41) is 2.43. The molecule has 3 heteroatoms. The second-order valence-electron chi connectivity index (χ2n) is 4.53. The zero-order valence-corrected chi connectivity index (χ0v) is 11.8. The van der Waals surface area contributed by atoms with Gasteiger partial charge in [0.05, 0.1) is 0 Å². The van der Waals surface area contributed by atoms with E-state index in [1.807, 2.05) is 84.9 Å². The van der Waals surface area contributed by atoms with Crippen molar-refractivity contribution in [1.82, 2.24) is 0 Å². The van der Waals surface area contributed by atoms with Crippen molar-refractivity contribution in [2.45, 2.75) is 0 Å². The van der Waals surface area contributed by atoms with Gasteiger partial charge in [-0.2, -0.15) is 0 Å². The Morgan fingerprint density at radius 1 is 0.667 bits per heavy atom. The van der Waals surface area contributed by atoms with E-state index in [-0.39, 0.29) is 18.9 Å². The second-order valence-corrected chi connectivity index (χ2v) is 7.26.